The van der Waals surface area contributed by atoms with E-state index in [-0.39, 0.29) is 5.54 Å². The molecule has 6 nitrogen and oxygen atoms in total. The van der Waals surface area contributed by atoms with Gasteiger partial charge in [0.2, 0.25) is 0 Å². The molecule has 0 saturated heterocycles. The summed E-state index contributed by atoms with van der Waals surface area (Å²) in [7, 11) is 0. The third-order valence-electron chi connectivity index (χ3n) is 3.01. The number of hydrogen-bond acceptors (Lipinski definition) is 6. The summed E-state index contributed by atoms with van der Waals surface area (Å²) in [5.74, 6) is -0.490. The fourth-order valence-corrected chi connectivity index (χ4v) is 2.76. The van der Waals surface area contributed by atoms with E-state index in [1.165, 1.54) is 0 Å². The average molecular weight is 290 g/mol. The summed E-state index contributed by atoms with van der Waals surface area (Å²) >= 11 is 1.57. The van der Waals surface area contributed by atoms with Gasteiger partial charge in [-0.1, -0.05) is 0 Å². The molecule has 1 aromatic carbocycles. The summed E-state index contributed by atoms with van der Waals surface area (Å²) in [6.07, 6.45) is 1.77. The molecule has 2 aromatic heterocycles. The number of hydrogen-bond donors (Lipinski definition) is 3. The Hall–Kier alpha value is -2.28. The lowest BCUT2D eigenvalue weighted by molar-refractivity contribution is 0.555. The Kier molecular flexibility index (Phi) is 2.79. The number of rotatable bonds is 3. The molecule has 0 aliphatic carbocycles. The van der Waals surface area contributed by atoms with E-state index in [0.717, 1.165) is 10.7 Å². The van der Waals surface area contributed by atoms with Crippen LogP contribution in [-0.4, -0.2) is 9.97 Å². The van der Waals surface area contributed by atoms with Crippen molar-refractivity contribution in [3.05, 3.63) is 39.3 Å². The van der Waals surface area contributed by atoms with Gasteiger partial charge in [-0.15, -0.1) is 11.3 Å². The van der Waals surface area contributed by atoms with Crippen LogP contribution < -0.4 is 16.8 Å². The maximum absolute atomic E-state index is 11.2. The number of nitrogen functional groups attached to an aromatic ring is 1. The molecule has 2 heterocycles. The van der Waals surface area contributed by atoms with Crippen LogP contribution in [0.2, 0.25) is 0 Å². The minimum Gasteiger partial charge on any atom is -0.408 e. The smallest absolute Gasteiger partial charge is 0.408 e. The number of nitrogens with one attached hydrogen (secondary N) is 2. The molecule has 20 heavy (non-hydrogen) atoms. The van der Waals surface area contributed by atoms with E-state index in [1.54, 1.807) is 29.7 Å². The lowest BCUT2D eigenvalue weighted by Crippen LogP contribution is -2.28. The number of nitrogens with zero attached hydrogens (tertiary/aromatic N) is 1. The predicted octanol–water partition coefficient (Wildman–Crippen LogP) is 2.51. The summed E-state index contributed by atoms with van der Waals surface area (Å²) in [4.78, 5) is 18.1. The minimum absolute atomic E-state index is 0.361. The normalized spacial score (nSPS) is 11.9. The molecule has 3 aromatic rings. The van der Waals surface area contributed by atoms with Gasteiger partial charge in [0.05, 0.1) is 22.4 Å². The molecule has 3 rings (SSSR count). The van der Waals surface area contributed by atoms with Crippen molar-refractivity contribution in [2.24, 2.45) is 0 Å². The number of fused-ring (bicyclic) bond motifs is 1. The quantitative estimate of drug-likeness (QED) is 0.644. The lowest BCUT2D eigenvalue weighted by atomic mass is 10.1. The lowest BCUT2D eigenvalue weighted by Gasteiger charge is -2.26. The van der Waals surface area contributed by atoms with Gasteiger partial charge in [-0.3, -0.25) is 4.98 Å². The van der Waals surface area contributed by atoms with E-state index >= 15 is 0 Å². The molecule has 0 atom stereocenters. The Labute approximate surface area is 118 Å². The zero-order valence-electron chi connectivity index (χ0n) is 11.1. The molecule has 0 saturated carbocycles. The number of H-pyrrole nitrogens is 1. The first-order chi connectivity index (χ1) is 9.45. The van der Waals surface area contributed by atoms with Crippen molar-refractivity contribution in [3.8, 4) is 0 Å². The Morgan fingerprint density at radius 2 is 2.25 bits per heavy atom. The molecule has 0 spiro atoms. The van der Waals surface area contributed by atoms with Crippen molar-refractivity contribution >= 4 is 33.8 Å². The van der Waals surface area contributed by atoms with Crippen molar-refractivity contribution in [3.63, 3.8) is 0 Å². The summed E-state index contributed by atoms with van der Waals surface area (Å²) in [5, 5.41) is 6.24. The van der Waals surface area contributed by atoms with Crippen LogP contribution in [0.1, 0.15) is 18.9 Å². The first kappa shape index (κ1) is 12.7. The number of oxazole rings is 1. The Morgan fingerprint density at radius 3 is 2.95 bits per heavy atom. The van der Waals surface area contributed by atoms with Crippen LogP contribution in [0.3, 0.4) is 0 Å². The second kappa shape index (κ2) is 4.38. The molecule has 0 unspecified atom stereocenters. The van der Waals surface area contributed by atoms with Gasteiger partial charge >= 0.3 is 5.76 Å². The molecule has 0 amide bonds. The van der Waals surface area contributed by atoms with Gasteiger partial charge in [0.1, 0.15) is 5.01 Å². The van der Waals surface area contributed by atoms with Gasteiger partial charge in [-0.05, 0) is 19.9 Å². The van der Waals surface area contributed by atoms with Crippen LogP contribution in [0.25, 0.3) is 11.1 Å². The van der Waals surface area contributed by atoms with Gasteiger partial charge in [-0.25, -0.2) is 9.78 Å². The Balaban J connectivity index is 2.02. The molecular weight excluding hydrogens is 276 g/mol. The number of anilines is 2. The highest BCUT2D eigenvalue weighted by Gasteiger charge is 2.24. The first-order valence-electron chi connectivity index (χ1n) is 6.06. The molecule has 104 valence electrons. The van der Waals surface area contributed by atoms with Gasteiger partial charge in [0.25, 0.3) is 0 Å². The van der Waals surface area contributed by atoms with Crippen LogP contribution >= 0.6 is 11.3 Å². The van der Waals surface area contributed by atoms with E-state index in [4.69, 9.17) is 10.2 Å². The second-order valence-corrected chi connectivity index (χ2v) is 5.93. The van der Waals surface area contributed by atoms with Crippen molar-refractivity contribution in [1.82, 2.24) is 9.97 Å². The summed E-state index contributed by atoms with van der Waals surface area (Å²) < 4.78 is 4.98. The van der Waals surface area contributed by atoms with E-state index in [9.17, 15) is 4.79 Å². The summed E-state index contributed by atoms with van der Waals surface area (Å²) in [6, 6.07) is 3.40. The van der Waals surface area contributed by atoms with E-state index in [2.05, 4.69) is 15.3 Å². The highest BCUT2D eigenvalue weighted by atomic mass is 32.1. The van der Waals surface area contributed by atoms with Crippen molar-refractivity contribution < 1.29 is 4.42 Å². The molecule has 7 heteroatoms. The monoisotopic (exact) mass is 290 g/mol. The minimum atomic E-state index is -0.490. The fraction of sp³-hybridized carbons (Fsp3) is 0.231. The first-order valence-corrected chi connectivity index (χ1v) is 6.94. The topological polar surface area (TPSA) is 96.9 Å². The van der Waals surface area contributed by atoms with Crippen LogP contribution in [0.5, 0.6) is 0 Å². The second-order valence-electron chi connectivity index (χ2n) is 5.04. The molecule has 0 aliphatic rings. The van der Waals surface area contributed by atoms with Gasteiger partial charge in [0, 0.05) is 17.6 Å². The Bertz CT molecular complexity index is 802. The Morgan fingerprint density at radius 1 is 1.45 bits per heavy atom. The maximum Gasteiger partial charge on any atom is 0.417 e. The van der Waals surface area contributed by atoms with E-state index in [0.29, 0.717) is 16.8 Å². The summed E-state index contributed by atoms with van der Waals surface area (Å²) in [5.41, 5.74) is 7.95. The molecule has 4 N–H and O–H groups in total. The van der Waals surface area contributed by atoms with Crippen LogP contribution in [0.15, 0.2) is 32.9 Å². The molecular formula is C13H14N4O2S. The molecule has 0 bridgehead atoms. The number of nitrogens with two attached hydrogens (primary N) is 1. The number of aromatic nitrogens is 2. The SMILES string of the molecule is CC(C)(Nc1cc2[nH]c(=O)oc2cc1N)c1nccs1. The predicted molar refractivity (Wildman–Crippen MR) is 80.0 cm³/mol. The van der Waals surface area contributed by atoms with Crippen molar-refractivity contribution in [2.45, 2.75) is 19.4 Å². The van der Waals surface area contributed by atoms with Gasteiger partial charge in [-0.2, -0.15) is 0 Å². The third kappa shape index (κ3) is 2.16. The highest BCUT2D eigenvalue weighted by Crippen LogP contribution is 2.31. The third-order valence-corrected chi connectivity index (χ3v) is 4.10. The van der Waals surface area contributed by atoms with Crippen LogP contribution in [0.4, 0.5) is 11.4 Å². The van der Waals surface area contributed by atoms with Crippen molar-refractivity contribution in [1.29, 1.82) is 0 Å². The molecule has 0 aliphatic heterocycles. The van der Waals surface area contributed by atoms with Crippen molar-refractivity contribution in [2.75, 3.05) is 11.1 Å². The zero-order chi connectivity index (χ0) is 14.3. The van der Waals surface area contributed by atoms with E-state index < -0.39 is 5.76 Å². The van der Waals surface area contributed by atoms with Gasteiger partial charge < -0.3 is 15.5 Å². The van der Waals surface area contributed by atoms with Crippen LogP contribution in [-0.2, 0) is 5.54 Å². The van der Waals surface area contributed by atoms with Gasteiger partial charge in [0.15, 0.2) is 5.58 Å². The number of thiazole rings is 1. The largest absolute Gasteiger partial charge is 0.417 e. The molecule has 0 radical (unpaired) electrons. The number of benzene rings is 1. The fourth-order valence-electron chi connectivity index (χ4n) is 2.04. The van der Waals surface area contributed by atoms with E-state index in [1.807, 2.05) is 19.2 Å². The molecule has 0 fully saturated rings. The number of aromatic amines is 1. The highest BCUT2D eigenvalue weighted by molar-refractivity contribution is 7.09. The average Bonchev–Trinajstić information content (AvgIpc) is 2.98. The summed E-state index contributed by atoms with van der Waals surface area (Å²) in [6.45, 7) is 4.04. The van der Waals surface area contributed by atoms with Crippen LogP contribution in [0, 0.1) is 0 Å². The maximum atomic E-state index is 11.2. The standard InChI is InChI=1S/C13H14N4O2S/c1-13(2,11-15-3-4-20-11)17-8-6-9-10(5-7(8)14)19-12(18)16-9/h3-6,17H,14H2,1-2H3,(H,16,18). The zero-order valence-corrected chi connectivity index (χ0v) is 11.9.